The number of hydrogen-bond donors (Lipinski definition) is 0. The molecule has 0 aliphatic heterocycles. The lowest BCUT2D eigenvalue weighted by atomic mass is 9.77. The van der Waals surface area contributed by atoms with E-state index in [1.165, 1.54) is 70.6 Å². The predicted molar refractivity (Wildman–Crippen MR) is 78.3 cm³/mol. The third-order valence-corrected chi connectivity index (χ3v) is 4.88. The molecular weight excluding hydrogens is 216 g/mol. The van der Waals surface area contributed by atoms with Gasteiger partial charge in [-0.25, -0.2) is 0 Å². The van der Waals surface area contributed by atoms with Crippen LogP contribution in [-0.2, 0) is 32.1 Å². The number of unbranched alkanes of at least 4 members (excludes halogenated alkanes) is 1. The average molecular weight is 242 g/mol. The topological polar surface area (TPSA) is 0 Å². The molecule has 2 aliphatic carbocycles. The Morgan fingerprint density at radius 2 is 1.50 bits per heavy atom. The van der Waals surface area contributed by atoms with Crippen molar-refractivity contribution in [1.82, 2.24) is 0 Å². The Labute approximate surface area is 112 Å². The van der Waals surface area contributed by atoms with E-state index in [9.17, 15) is 0 Å². The summed E-state index contributed by atoms with van der Waals surface area (Å²) in [5, 5.41) is 0. The second kappa shape index (κ2) is 5.47. The first kappa shape index (κ1) is 12.3. The smallest absolute Gasteiger partial charge is 0.0273 e. The molecule has 0 saturated carbocycles. The summed E-state index contributed by atoms with van der Waals surface area (Å²) in [5.41, 5.74) is 8.77. The largest absolute Gasteiger partial charge is 0.0654 e. The van der Waals surface area contributed by atoms with Crippen molar-refractivity contribution in [3.63, 3.8) is 0 Å². The third-order valence-electron chi connectivity index (χ3n) is 4.88. The van der Waals surface area contributed by atoms with Crippen LogP contribution < -0.4 is 0 Å². The van der Waals surface area contributed by atoms with Crippen molar-refractivity contribution in [3.05, 3.63) is 33.9 Å². The first-order valence-electron chi connectivity index (χ1n) is 8.05. The van der Waals surface area contributed by atoms with Gasteiger partial charge in [0.25, 0.3) is 0 Å². The zero-order valence-corrected chi connectivity index (χ0v) is 11.9. The van der Waals surface area contributed by atoms with Gasteiger partial charge in [0.15, 0.2) is 0 Å². The SMILES string of the molecule is CCCCc1cc2c(c3c1CCCC3)CCCC2. The van der Waals surface area contributed by atoms with Crippen molar-refractivity contribution in [3.8, 4) is 0 Å². The van der Waals surface area contributed by atoms with Crippen LogP contribution in [0.5, 0.6) is 0 Å². The second-order valence-corrected chi connectivity index (χ2v) is 6.15. The van der Waals surface area contributed by atoms with Crippen LogP contribution in [0.25, 0.3) is 0 Å². The Kier molecular flexibility index (Phi) is 3.72. The highest BCUT2D eigenvalue weighted by atomic mass is 14.3. The molecule has 18 heavy (non-hydrogen) atoms. The van der Waals surface area contributed by atoms with Gasteiger partial charge in [-0.1, -0.05) is 19.4 Å². The van der Waals surface area contributed by atoms with E-state index in [1.54, 1.807) is 27.8 Å². The minimum absolute atomic E-state index is 1.33. The summed E-state index contributed by atoms with van der Waals surface area (Å²) in [6, 6.07) is 2.59. The van der Waals surface area contributed by atoms with Crippen molar-refractivity contribution in [2.45, 2.75) is 77.6 Å². The third kappa shape index (κ3) is 2.22. The Morgan fingerprint density at radius 1 is 0.833 bits per heavy atom. The Hall–Kier alpha value is -0.780. The monoisotopic (exact) mass is 242 g/mol. The van der Waals surface area contributed by atoms with E-state index in [0.717, 1.165) is 0 Å². The standard InChI is InChI=1S/C18H26/c1-2-3-8-14-13-15-9-4-5-10-17(15)18-12-7-6-11-16(14)18/h13H,2-12H2,1H3. The molecule has 0 aromatic heterocycles. The van der Waals surface area contributed by atoms with Crippen LogP contribution in [0.4, 0.5) is 0 Å². The number of benzene rings is 1. The van der Waals surface area contributed by atoms with E-state index in [-0.39, 0.29) is 0 Å². The fourth-order valence-electron chi connectivity index (χ4n) is 3.91. The molecule has 0 N–H and O–H groups in total. The maximum Gasteiger partial charge on any atom is -0.0273 e. The van der Waals surface area contributed by atoms with Gasteiger partial charge < -0.3 is 0 Å². The molecule has 2 aliphatic rings. The van der Waals surface area contributed by atoms with Crippen LogP contribution >= 0.6 is 0 Å². The maximum atomic E-state index is 2.59. The van der Waals surface area contributed by atoms with Gasteiger partial charge in [-0.3, -0.25) is 0 Å². The minimum Gasteiger partial charge on any atom is -0.0654 e. The van der Waals surface area contributed by atoms with Gasteiger partial charge in [0.05, 0.1) is 0 Å². The zero-order valence-electron chi connectivity index (χ0n) is 11.9. The summed E-state index contributed by atoms with van der Waals surface area (Å²) in [7, 11) is 0. The van der Waals surface area contributed by atoms with Gasteiger partial charge in [0.1, 0.15) is 0 Å². The molecule has 0 bridgehead atoms. The number of rotatable bonds is 3. The molecule has 0 spiro atoms. The highest BCUT2D eigenvalue weighted by Gasteiger charge is 2.21. The van der Waals surface area contributed by atoms with E-state index in [0.29, 0.717) is 0 Å². The summed E-state index contributed by atoms with van der Waals surface area (Å²) in [5.74, 6) is 0. The Balaban J connectivity index is 2.03. The summed E-state index contributed by atoms with van der Waals surface area (Å²) < 4.78 is 0. The molecule has 0 unspecified atom stereocenters. The quantitative estimate of drug-likeness (QED) is 0.715. The predicted octanol–water partition coefficient (Wildman–Crippen LogP) is 4.79. The molecule has 3 rings (SSSR count). The molecule has 0 heteroatoms. The normalized spacial score (nSPS) is 18.3. The number of fused-ring (bicyclic) bond motifs is 3. The highest BCUT2D eigenvalue weighted by molar-refractivity contribution is 5.48. The number of aryl methyl sites for hydroxylation is 2. The van der Waals surface area contributed by atoms with Gasteiger partial charge in [-0.15, -0.1) is 0 Å². The lowest BCUT2D eigenvalue weighted by Crippen LogP contribution is -2.15. The zero-order chi connectivity index (χ0) is 12.4. The van der Waals surface area contributed by atoms with Crippen LogP contribution in [0.2, 0.25) is 0 Å². The van der Waals surface area contributed by atoms with E-state index < -0.39 is 0 Å². The minimum atomic E-state index is 1.33. The summed E-state index contributed by atoms with van der Waals surface area (Å²) in [6.45, 7) is 2.31. The summed E-state index contributed by atoms with van der Waals surface area (Å²) in [6.07, 6.45) is 15.2. The van der Waals surface area contributed by atoms with Crippen LogP contribution in [0.15, 0.2) is 6.07 Å². The van der Waals surface area contributed by atoms with Crippen LogP contribution in [0, 0.1) is 0 Å². The highest BCUT2D eigenvalue weighted by Crippen LogP contribution is 2.34. The maximum absolute atomic E-state index is 2.59. The van der Waals surface area contributed by atoms with Crippen molar-refractivity contribution < 1.29 is 0 Å². The van der Waals surface area contributed by atoms with Gasteiger partial charge in [-0.2, -0.15) is 0 Å². The molecule has 0 amide bonds. The first-order chi connectivity index (χ1) is 8.90. The fourth-order valence-corrected chi connectivity index (χ4v) is 3.91. The van der Waals surface area contributed by atoms with Crippen molar-refractivity contribution >= 4 is 0 Å². The Bertz CT molecular complexity index is 428. The van der Waals surface area contributed by atoms with Crippen molar-refractivity contribution in [1.29, 1.82) is 0 Å². The lowest BCUT2D eigenvalue weighted by Gasteiger charge is -2.28. The van der Waals surface area contributed by atoms with Crippen LogP contribution in [0.3, 0.4) is 0 Å². The van der Waals surface area contributed by atoms with Gasteiger partial charge in [0.2, 0.25) is 0 Å². The molecule has 1 aromatic carbocycles. The summed E-state index contributed by atoms with van der Waals surface area (Å²) >= 11 is 0. The molecule has 98 valence electrons. The molecule has 1 aromatic rings. The van der Waals surface area contributed by atoms with Gasteiger partial charge in [0, 0.05) is 0 Å². The lowest BCUT2D eigenvalue weighted by molar-refractivity contribution is 0.631. The van der Waals surface area contributed by atoms with E-state index in [1.807, 2.05) is 0 Å². The molecule has 0 heterocycles. The van der Waals surface area contributed by atoms with Gasteiger partial charge >= 0.3 is 0 Å². The van der Waals surface area contributed by atoms with E-state index in [4.69, 9.17) is 0 Å². The van der Waals surface area contributed by atoms with Crippen LogP contribution in [-0.4, -0.2) is 0 Å². The molecule has 0 saturated heterocycles. The number of hydrogen-bond acceptors (Lipinski definition) is 0. The second-order valence-electron chi connectivity index (χ2n) is 6.15. The van der Waals surface area contributed by atoms with E-state index in [2.05, 4.69) is 13.0 Å². The summed E-state index contributed by atoms with van der Waals surface area (Å²) in [4.78, 5) is 0. The molecule has 0 radical (unpaired) electrons. The van der Waals surface area contributed by atoms with Crippen LogP contribution in [0.1, 0.15) is 73.3 Å². The molecule has 0 atom stereocenters. The molecule has 0 fully saturated rings. The van der Waals surface area contributed by atoms with E-state index >= 15 is 0 Å². The van der Waals surface area contributed by atoms with Crippen molar-refractivity contribution in [2.24, 2.45) is 0 Å². The average Bonchev–Trinajstić information content (AvgIpc) is 2.45. The first-order valence-corrected chi connectivity index (χ1v) is 8.05. The molecule has 0 nitrogen and oxygen atoms in total. The Morgan fingerprint density at radius 3 is 2.28 bits per heavy atom. The fraction of sp³-hybridized carbons (Fsp3) is 0.667. The molecular formula is C18H26. The van der Waals surface area contributed by atoms with Gasteiger partial charge in [-0.05, 0) is 92.0 Å². The van der Waals surface area contributed by atoms with Crippen molar-refractivity contribution in [2.75, 3.05) is 0 Å².